The number of halogens is 1. The molecule has 1 nitrogen and oxygen atoms in total. The van der Waals surface area contributed by atoms with Crippen LogP contribution >= 0.6 is 11.6 Å². The Labute approximate surface area is 98.0 Å². The van der Waals surface area contributed by atoms with Crippen LogP contribution in [0.3, 0.4) is 0 Å². The summed E-state index contributed by atoms with van der Waals surface area (Å²) in [5.41, 5.74) is 3.89. The molecular weight excluding hydrogens is 206 g/mol. The van der Waals surface area contributed by atoms with Crippen LogP contribution in [0.25, 0.3) is 0 Å². The maximum absolute atomic E-state index is 6.26. The Morgan fingerprint density at radius 3 is 2.33 bits per heavy atom. The number of hydrogen-bond acceptors (Lipinski definition) is 1. The molecule has 0 aliphatic carbocycles. The SMILES string of the molecule is Cc1cc(C(C)C)c(Cl)cc1CN(C)C. The van der Waals surface area contributed by atoms with E-state index in [1.807, 2.05) is 0 Å². The third-order valence-corrected chi connectivity index (χ3v) is 2.89. The summed E-state index contributed by atoms with van der Waals surface area (Å²) in [5.74, 6) is 0.490. The molecule has 0 aromatic heterocycles. The van der Waals surface area contributed by atoms with Crippen molar-refractivity contribution >= 4 is 11.6 Å². The standard InChI is InChI=1S/C13H20ClN/c1-9(2)12-6-10(3)11(7-13(12)14)8-15(4)5/h6-7,9H,8H2,1-5H3. The second-order valence-corrected chi connectivity index (χ2v) is 5.10. The van der Waals surface area contributed by atoms with E-state index in [1.54, 1.807) is 0 Å². The van der Waals surface area contributed by atoms with Gasteiger partial charge in [-0.15, -0.1) is 0 Å². The topological polar surface area (TPSA) is 3.24 Å². The molecule has 0 N–H and O–H groups in total. The van der Waals surface area contributed by atoms with Gasteiger partial charge in [-0.2, -0.15) is 0 Å². The molecule has 0 atom stereocenters. The molecule has 2 heteroatoms. The van der Waals surface area contributed by atoms with E-state index in [9.17, 15) is 0 Å². The Balaban J connectivity index is 3.08. The van der Waals surface area contributed by atoms with Crippen molar-refractivity contribution in [2.45, 2.75) is 33.2 Å². The van der Waals surface area contributed by atoms with Crippen molar-refractivity contribution in [2.75, 3.05) is 14.1 Å². The average molecular weight is 226 g/mol. The number of hydrogen-bond donors (Lipinski definition) is 0. The van der Waals surface area contributed by atoms with Crippen LogP contribution < -0.4 is 0 Å². The third kappa shape index (κ3) is 3.22. The van der Waals surface area contributed by atoms with Crippen molar-refractivity contribution in [3.63, 3.8) is 0 Å². The van der Waals surface area contributed by atoms with Crippen LogP contribution in [0.2, 0.25) is 5.02 Å². The summed E-state index contributed by atoms with van der Waals surface area (Å²) in [5, 5.41) is 0.896. The molecule has 84 valence electrons. The lowest BCUT2D eigenvalue weighted by atomic mass is 9.97. The summed E-state index contributed by atoms with van der Waals surface area (Å²) in [4.78, 5) is 2.16. The van der Waals surface area contributed by atoms with Gasteiger partial charge in [0.25, 0.3) is 0 Å². The van der Waals surface area contributed by atoms with Gasteiger partial charge in [0.05, 0.1) is 0 Å². The minimum atomic E-state index is 0.490. The van der Waals surface area contributed by atoms with Crippen LogP contribution in [0.15, 0.2) is 12.1 Å². The fourth-order valence-electron chi connectivity index (χ4n) is 1.70. The minimum Gasteiger partial charge on any atom is -0.305 e. The number of aryl methyl sites for hydroxylation is 1. The Bertz CT molecular complexity index is 343. The largest absolute Gasteiger partial charge is 0.305 e. The summed E-state index contributed by atoms with van der Waals surface area (Å²) >= 11 is 6.26. The summed E-state index contributed by atoms with van der Waals surface area (Å²) < 4.78 is 0. The molecule has 1 rings (SSSR count). The molecule has 0 saturated carbocycles. The molecule has 0 saturated heterocycles. The van der Waals surface area contributed by atoms with Crippen molar-refractivity contribution in [3.8, 4) is 0 Å². The van der Waals surface area contributed by atoms with Crippen molar-refractivity contribution in [1.82, 2.24) is 4.90 Å². The molecule has 1 aromatic rings. The van der Waals surface area contributed by atoms with Crippen LogP contribution in [0.5, 0.6) is 0 Å². The van der Waals surface area contributed by atoms with E-state index in [4.69, 9.17) is 11.6 Å². The van der Waals surface area contributed by atoms with Gasteiger partial charge in [0, 0.05) is 11.6 Å². The van der Waals surface area contributed by atoms with Crippen LogP contribution in [0, 0.1) is 6.92 Å². The predicted molar refractivity (Wildman–Crippen MR) is 67.7 cm³/mol. The van der Waals surface area contributed by atoms with Crippen molar-refractivity contribution < 1.29 is 0 Å². The summed E-state index contributed by atoms with van der Waals surface area (Å²) in [7, 11) is 4.15. The number of rotatable bonds is 3. The molecule has 0 fully saturated rings. The van der Waals surface area contributed by atoms with Crippen LogP contribution in [0.4, 0.5) is 0 Å². The van der Waals surface area contributed by atoms with E-state index in [2.05, 4.69) is 51.9 Å². The van der Waals surface area contributed by atoms with Crippen molar-refractivity contribution in [3.05, 3.63) is 33.8 Å². The Kier molecular flexibility index (Phi) is 4.18. The lowest BCUT2D eigenvalue weighted by Crippen LogP contribution is -2.12. The van der Waals surface area contributed by atoms with Gasteiger partial charge in [-0.25, -0.2) is 0 Å². The average Bonchev–Trinajstić information content (AvgIpc) is 2.09. The lowest BCUT2D eigenvalue weighted by Gasteiger charge is -2.16. The van der Waals surface area contributed by atoms with Crippen molar-refractivity contribution in [2.24, 2.45) is 0 Å². The molecule has 0 amide bonds. The van der Waals surface area contributed by atoms with Gasteiger partial charge in [0.2, 0.25) is 0 Å². The predicted octanol–water partition coefficient (Wildman–Crippen LogP) is 3.83. The van der Waals surface area contributed by atoms with Gasteiger partial charge in [-0.1, -0.05) is 31.5 Å². The first kappa shape index (κ1) is 12.5. The summed E-state index contributed by atoms with van der Waals surface area (Å²) in [6.45, 7) is 7.45. The first-order valence-corrected chi connectivity index (χ1v) is 5.73. The number of nitrogens with zero attached hydrogens (tertiary/aromatic N) is 1. The smallest absolute Gasteiger partial charge is 0.0444 e. The third-order valence-electron chi connectivity index (χ3n) is 2.56. The monoisotopic (exact) mass is 225 g/mol. The van der Waals surface area contributed by atoms with Gasteiger partial charge < -0.3 is 4.90 Å². The second-order valence-electron chi connectivity index (χ2n) is 4.69. The van der Waals surface area contributed by atoms with Gasteiger partial charge in [0.1, 0.15) is 0 Å². The van der Waals surface area contributed by atoms with E-state index in [-0.39, 0.29) is 0 Å². The molecule has 0 radical (unpaired) electrons. The minimum absolute atomic E-state index is 0.490. The highest BCUT2D eigenvalue weighted by Gasteiger charge is 2.09. The van der Waals surface area contributed by atoms with E-state index in [0.717, 1.165) is 11.6 Å². The molecule has 0 aliphatic heterocycles. The molecule has 1 aromatic carbocycles. The maximum Gasteiger partial charge on any atom is 0.0444 e. The number of benzene rings is 1. The molecule has 0 bridgehead atoms. The Hall–Kier alpha value is -0.530. The Morgan fingerprint density at radius 1 is 1.27 bits per heavy atom. The molecule has 0 unspecified atom stereocenters. The molecule has 0 spiro atoms. The van der Waals surface area contributed by atoms with Gasteiger partial charge >= 0.3 is 0 Å². The molecule has 0 aliphatic rings. The highest BCUT2D eigenvalue weighted by atomic mass is 35.5. The van der Waals surface area contributed by atoms with E-state index >= 15 is 0 Å². The lowest BCUT2D eigenvalue weighted by molar-refractivity contribution is 0.401. The van der Waals surface area contributed by atoms with Gasteiger partial charge in [-0.05, 0) is 49.7 Å². The molecule has 0 heterocycles. The summed E-state index contributed by atoms with van der Waals surface area (Å²) in [6.07, 6.45) is 0. The highest BCUT2D eigenvalue weighted by Crippen LogP contribution is 2.27. The van der Waals surface area contributed by atoms with E-state index < -0.39 is 0 Å². The quantitative estimate of drug-likeness (QED) is 0.756. The van der Waals surface area contributed by atoms with E-state index in [1.165, 1.54) is 16.7 Å². The zero-order valence-corrected chi connectivity index (χ0v) is 11.0. The van der Waals surface area contributed by atoms with Crippen LogP contribution in [-0.2, 0) is 6.54 Å². The van der Waals surface area contributed by atoms with Gasteiger partial charge in [0.15, 0.2) is 0 Å². The second kappa shape index (κ2) is 5.00. The fourth-order valence-corrected chi connectivity index (χ4v) is 2.10. The maximum atomic E-state index is 6.26. The van der Waals surface area contributed by atoms with E-state index in [0.29, 0.717) is 5.92 Å². The normalized spacial score (nSPS) is 11.5. The van der Waals surface area contributed by atoms with Gasteiger partial charge in [-0.3, -0.25) is 0 Å². The van der Waals surface area contributed by atoms with Crippen LogP contribution in [-0.4, -0.2) is 19.0 Å². The van der Waals surface area contributed by atoms with Crippen LogP contribution in [0.1, 0.15) is 36.5 Å². The zero-order chi connectivity index (χ0) is 11.6. The Morgan fingerprint density at radius 2 is 1.87 bits per heavy atom. The first-order valence-electron chi connectivity index (χ1n) is 5.35. The van der Waals surface area contributed by atoms with Crippen molar-refractivity contribution in [1.29, 1.82) is 0 Å². The first-order chi connectivity index (χ1) is 6.91. The summed E-state index contributed by atoms with van der Waals surface area (Å²) in [6, 6.07) is 4.32. The zero-order valence-electron chi connectivity index (χ0n) is 10.3. The molecular formula is C13H20ClN. The fraction of sp³-hybridized carbons (Fsp3) is 0.538. The highest BCUT2D eigenvalue weighted by molar-refractivity contribution is 6.31. The molecule has 15 heavy (non-hydrogen) atoms.